The Balaban J connectivity index is 1.60. The molecule has 7 heteroatoms. The predicted octanol–water partition coefficient (Wildman–Crippen LogP) is 1.41. The maximum atomic E-state index is 12.2. The third-order valence-corrected chi connectivity index (χ3v) is 3.71. The number of pyridine rings is 1. The van der Waals surface area contributed by atoms with Gasteiger partial charge in [0.2, 0.25) is 0 Å². The number of aromatic nitrogens is 3. The van der Waals surface area contributed by atoms with Gasteiger partial charge in [-0.3, -0.25) is 9.78 Å². The van der Waals surface area contributed by atoms with Gasteiger partial charge in [-0.1, -0.05) is 0 Å². The van der Waals surface area contributed by atoms with Crippen molar-refractivity contribution < 1.29 is 4.79 Å². The summed E-state index contributed by atoms with van der Waals surface area (Å²) in [7, 11) is 0. The lowest BCUT2D eigenvalue weighted by molar-refractivity contribution is 0.160. The molecule has 0 unspecified atom stereocenters. The maximum Gasteiger partial charge on any atom is 0.321 e. The van der Waals surface area contributed by atoms with Crippen LogP contribution in [0.4, 0.5) is 10.5 Å². The van der Waals surface area contributed by atoms with Crippen molar-refractivity contribution in [3.8, 4) is 0 Å². The monoisotopic (exact) mass is 299 g/mol. The van der Waals surface area contributed by atoms with Crippen LogP contribution in [0.2, 0.25) is 0 Å². The van der Waals surface area contributed by atoms with Crippen LogP contribution in [0.15, 0.2) is 29.2 Å². The molecule has 0 aliphatic carbocycles. The molecular weight excluding hydrogens is 282 g/mol. The minimum Gasteiger partial charge on any atom is -0.323 e. The Kier molecular flexibility index (Phi) is 3.62. The summed E-state index contributed by atoms with van der Waals surface area (Å²) in [6.07, 6.45) is 1.48. The first-order valence-electron chi connectivity index (χ1n) is 7.08. The summed E-state index contributed by atoms with van der Waals surface area (Å²) >= 11 is 0. The first kappa shape index (κ1) is 14.2. The molecule has 0 atom stereocenters. The van der Waals surface area contributed by atoms with Gasteiger partial charge in [-0.05, 0) is 26.0 Å². The number of aromatic amines is 1. The van der Waals surface area contributed by atoms with E-state index in [4.69, 9.17) is 0 Å². The summed E-state index contributed by atoms with van der Waals surface area (Å²) in [6, 6.07) is 4.92. The summed E-state index contributed by atoms with van der Waals surface area (Å²) in [5, 5.41) is 2.85. The SMILES string of the molecule is Cc1ccc(NC(=O)N2CC(c3nccc(=O)[nH]3)C2)c(C)n1. The van der Waals surface area contributed by atoms with E-state index in [0.717, 1.165) is 11.4 Å². The van der Waals surface area contributed by atoms with Gasteiger partial charge < -0.3 is 15.2 Å². The smallest absolute Gasteiger partial charge is 0.321 e. The topological polar surface area (TPSA) is 91.0 Å². The van der Waals surface area contributed by atoms with Crippen LogP contribution in [0, 0.1) is 13.8 Å². The van der Waals surface area contributed by atoms with E-state index in [1.54, 1.807) is 4.90 Å². The predicted molar refractivity (Wildman–Crippen MR) is 81.9 cm³/mol. The molecule has 114 valence electrons. The van der Waals surface area contributed by atoms with Gasteiger partial charge in [0.1, 0.15) is 5.82 Å². The van der Waals surface area contributed by atoms with Gasteiger partial charge >= 0.3 is 6.03 Å². The molecule has 22 heavy (non-hydrogen) atoms. The van der Waals surface area contributed by atoms with E-state index in [9.17, 15) is 9.59 Å². The fourth-order valence-corrected chi connectivity index (χ4v) is 2.42. The first-order chi connectivity index (χ1) is 10.5. The third-order valence-electron chi connectivity index (χ3n) is 3.71. The number of urea groups is 1. The summed E-state index contributed by atoms with van der Waals surface area (Å²) in [5.74, 6) is 0.710. The molecule has 0 spiro atoms. The number of carbonyl (C=O) groups excluding carboxylic acids is 1. The maximum absolute atomic E-state index is 12.2. The second kappa shape index (κ2) is 5.59. The van der Waals surface area contributed by atoms with E-state index < -0.39 is 0 Å². The minimum absolute atomic E-state index is 0.0805. The number of likely N-dealkylation sites (tertiary alicyclic amines) is 1. The molecule has 3 heterocycles. The standard InChI is InChI=1S/C15H17N5O2/c1-9-3-4-12(10(2)17-9)18-15(22)20-7-11(8-20)14-16-6-5-13(21)19-14/h3-6,11H,7-8H2,1-2H3,(H,18,22)(H,16,19,21). The second-order valence-corrected chi connectivity index (χ2v) is 5.44. The van der Waals surface area contributed by atoms with Crippen molar-refractivity contribution in [3.63, 3.8) is 0 Å². The summed E-state index contributed by atoms with van der Waals surface area (Å²) in [6.45, 7) is 4.85. The summed E-state index contributed by atoms with van der Waals surface area (Å²) in [4.78, 5) is 36.3. The van der Waals surface area contributed by atoms with Crippen molar-refractivity contribution in [2.24, 2.45) is 0 Å². The van der Waals surface area contributed by atoms with Crippen molar-refractivity contribution in [2.75, 3.05) is 18.4 Å². The molecule has 1 aliphatic rings. The number of rotatable bonds is 2. The number of aryl methyl sites for hydroxylation is 2. The highest BCUT2D eigenvalue weighted by atomic mass is 16.2. The number of anilines is 1. The molecule has 1 saturated heterocycles. The number of nitrogens with one attached hydrogen (secondary N) is 2. The average molecular weight is 299 g/mol. The van der Waals surface area contributed by atoms with Crippen molar-refractivity contribution in [1.82, 2.24) is 19.9 Å². The zero-order chi connectivity index (χ0) is 15.7. The number of nitrogens with zero attached hydrogens (tertiary/aromatic N) is 3. The van der Waals surface area contributed by atoms with E-state index in [-0.39, 0.29) is 17.5 Å². The fraction of sp³-hybridized carbons (Fsp3) is 0.333. The lowest BCUT2D eigenvalue weighted by atomic mass is 10.00. The quantitative estimate of drug-likeness (QED) is 0.877. The van der Waals surface area contributed by atoms with Crippen LogP contribution in [0.5, 0.6) is 0 Å². The highest BCUT2D eigenvalue weighted by Crippen LogP contribution is 2.24. The normalized spacial score (nSPS) is 14.5. The number of amides is 2. The molecule has 2 amide bonds. The molecule has 0 radical (unpaired) electrons. The van der Waals surface area contributed by atoms with Gasteiger partial charge in [0.25, 0.3) is 5.56 Å². The van der Waals surface area contributed by atoms with E-state index >= 15 is 0 Å². The summed E-state index contributed by atoms with van der Waals surface area (Å²) in [5.41, 5.74) is 2.25. The molecular formula is C15H17N5O2. The molecule has 2 aromatic heterocycles. The van der Waals surface area contributed by atoms with Crippen LogP contribution in [-0.2, 0) is 0 Å². The van der Waals surface area contributed by atoms with E-state index in [1.807, 2.05) is 26.0 Å². The minimum atomic E-state index is -0.172. The molecule has 1 aliphatic heterocycles. The number of H-pyrrole nitrogens is 1. The molecule has 0 saturated carbocycles. The van der Waals surface area contributed by atoms with Crippen LogP contribution < -0.4 is 10.9 Å². The molecule has 7 nitrogen and oxygen atoms in total. The highest BCUT2D eigenvalue weighted by Gasteiger charge is 2.33. The van der Waals surface area contributed by atoms with Crippen molar-refractivity contribution in [2.45, 2.75) is 19.8 Å². The van der Waals surface area contributed by atoms with Gasteiger partial charge in [-0.2, -0.15) is 0 Å². The van der Waals surface area contributed by atoms with Gasteiger partial charge in [0.15, 0.2) is 0 Å². The van der Waals surface area contributed by atoms with Gasteiger partial charge in [-0.25, -0.2) is 9.78 Å². The second-order valence-electron chi connectivity index (χ2n) is 5.44. The van der Waals surface area contributed by atoms with Gasteiger partial charge in [-0.15, -0.1) is 0 Å². The lowest BCUT2D eigenvalue weighted by Gasteiger charge is -2.38. The third kappa shape index (κ3) is 2.83. The van der Waals surface area contributed by atoms with E-state index in [1.165, 1.54) is 12.3 Å². The Morgan fingerprint density at radius 1 is 1.32 bits per heavy atom. The van der Waals surface area contributed by atoms with Crippen molar-refractivity contribution in [3.05, 3.63) is 52.0 Å². The number of hydrogen-bond donors (Lipinski definition) is 2. The number of carbonyl (C=O) groups is 1. The molecule has 0 bridgehead atoms. The van der Waals surface area contributed by atoms with Crippen LogP contribution in [0.25, 0.3) is 0 Å². The molecule has 1 fully saturated rings. The Morgan fingerprint density at radius 3 is 2.77 bits per heavy atom. The average Bonchev–Trinajstić information content (AvgIpc) is 2.40. The Labute approximate surface area is 127 Å². The molecule has 3 rings (SSSR count). The lowest BCUT2D eigenvalue weighted by Crippen LogP contribution is -2.51. The van der Waals surface area contributed by atoms with Crippen LogP contribution >= 0.6 is 0 Å². The van der Waals surface area contributed by atoms with Crippen LogP contribution in [0.3, 0.4) is 0 Å². The van der Waals surface area contributed by atoms with Crippen LogP contribution in [0.1, 0.15) is 23.1 Å². The van der Waals surface area contributed by atoms with Crippen LogP contribution in [-0.4, -0.2) is 39.0 Å². The fourth-order valence-electron chi connectivity index (χ4n) is 2.42. The zero-order valence-corrected chi connectivity index (χ0v) is 12.5. The van der Waals surface area contributed by atoms with E-state index in [2.05, 4.69) is 20.3 Å². The van der Waals surface area contributed by atoms with Gasteiger partial charge in [0, 0.05) is 31.0 Å². The zero-order valence-electron chi connectivity index (χ0n) is 12.5. The number of hydrogen-bond acceptors (Lipinski definition) is 4. The molecule has 2 N–H and O–H groups in total. The summed E-state index contributed by atoms with van der Waals surface area (Å²) < 4.78 is 0. The van der Waals surface area contributed by atoms with Gasteiger partial charge in [0.05, 0.1) is 17.3 Å². The van der Waals surface area contributed by atoms with E-state index in [0.29, 0.717) is 24.6 Å². The Morgan fingerprint density at radius 2 is 2.09 bits per heavy atom. The Hall–Kier alpha value is -2.70. The van der Waals surface area contributed by atoms with Crippen molar-refractivity contribution >= 4 is 11.7 Å². The van der Waals surface area contributed by atoms with Crippen molar-refractivity contribution in [1.29, 1.82) is 0 Å². The highest BCUT2D eigenvalue weighted by molar-refractivity contribution is 5.90. The Bertz CT molecular complexity index is 765. The molecule has 2 aromatic rings. The largest absolute Gasteiger partial charge is 0.323 e. The first-order valence-corrected chi connectivity index (χ1v) is 7.08. The molecule has 0 aromatic carbocycles.